The van der Waals surface area contributed by atoms with Crippen molar-refractivity contribution in [3.8, 4) is 17.7 Å². The number of rotatable bonds is 5. The molecule has 5 heteroatoms. The molecule has 0 atom stereocenters. The third kappa shape index (κ3) is 4.32. The highest BCUT2D eigenvalue weighted by Crippen LogP contribution is 2.24. The van der Waals surface area contributed by atoms with Gasteiger partial charge in [-0.25, -0.2) is 4.98 Å². The number of carbonyl (C=O) groups is 1. The van der Waals surface area contributed by atoms with Crippen LogP contribution in [0.4, 0.5) is 0 Å². The van der Waals surface area contributed by atoms with Crippen LogP contribution in [0.25, 0.3) is 0 Å². The largest absolute Gasteiger partial charge is 0.439 e. The molecule has 1 heterocycles. The maximum atomic E-state index is 11.9. The molecule has 0 bridgehead atoms. The minimum atomic E-state index is -1.04. The molecule has 0 unspecified atom stereocenters. The fraction of sp³-hybridized carbons (Fsp3) is 0.316. The van der Waals surface area contributed by atoms with Crippen LogP contribution in [-0.4, -0.2) is 10.9 Å². The number of carbonyl (C=O) groups excluding carboxylic acids is 1. The number of benzene rings is 1. The molecular formula is C19H21N3O2. The average molecular weight is 323 g/mol. The van der Waals surface area contributed by atoms with E-state index in [9.17, 15) is 4.79 Å². The molecule has 0 radical (unpaired) electrons. The van der Waals surface area contributed by atoms with Crippen molar-refractivity contribution in [3.63, 3.8) is 0 Å². The normalized spacial score (nSPS) is 10.8. The fourth-order valence-electron chi connectivity index (χ4n) is 1.96. The predicted octanol–water partition coefficient (Wildman–Crippen LogP) is 3.66. The summed E-state index contributed by atoms with van der Waals surface area (Å²) < 4.78 is 5.80. The molecule has 0 aliphatic heterocycles. The lowest BCUT2D eigenvalue weighted by molar-refractivity contribution is -0.126. The zero-order valence-electron chi connectivity index (χ0n) is 14.4. The number of nitrogens with zero attached hydrogens (tertiary/aromatic N) is 2. The van der Waals surface area contributed by atoms with Crippen LogP contribution >= 0.6 is 0 Å². The van der Waals surface area contributed by atoms with Crippen molar-refractivity contribution in [1.82, 2.24) is 10.3 Å². The van der Waals surface area contributed by atoms with Gasteiger partial charge in [-0.1, -0.05) is 18.2 Å². The Balaban J connectivity index is 2.00. The quantitative estimate of drug-likeness (QED) is 0.911. The molecule has 0 saturated carbocycles. The molecule has 1 N–H and O–H groups in total. The van der Waals surface area contributed by atoms with Crippen LogP contribution in [0.3, 0.4) is 0 Å². The lowest BCUT2D eigenvalue weighted by atomic mass is 9.95. The Morgan fingerprint density at radius 3 is 2.67 bits per heavy atom. The molecule has 2 rings (SSSR count). The van der Waals surface area contributed by atoms with Crippen LogP contribution in [0.2, 0.25) is 0 Å². The van der Waals surface area contributed by atoms with Gasteiger partial charge in [-0.2, -0.15) is 5.26 Å². The summed E-state index contributed by atoms with van der Waals surface area (Å²) in [5.41, 5.74) is 1.96. The summed E-state index contributed by atoms with van der Waals surface area (Å²) in [6, 6.07) is 11.6. The first kappa shape index (κ1) is 17.5. The van der Waals surface area contributed by atoms with Crippen LogP contribution in [0.5, 0.6) is 11.6 Å². The molecule has 0 fully saturated rings. The zero-order valence-corrected chi connectivity index (χ0v) is 14.4. The number of aryl methyl sites for hydroxylation is 2. The average Bonchev–Trinajstić information content (AvgIpc) is 2.57. The van der Waals surface area contributed by atoms with E-state index in [1.54, 1.807) is 26.1 Å². The van der Waals surface area contributed by atoms with E-state index in [-0.39, 0.29) is 5.91 Å². The Hall–Kier alpha value is -2.87. The van der Waals surface area contributed by atoms with Gasteiger partial charge in [0.1, 0.15) is 11.2 Å². The predicted molar refractivity (Wildman–Crippen MR) is 91.5 cm³/mol. The Bertz CT molecular complexity index is 774. The number of nitriles is 1. The number of ether oxygens (including phenoxy) is 1. The summed E-state index contributed by atoms with van der Waals surface area (Å²) >= 11 is 0. The second kappa shape index (κ2) is 7.14. The molecule has 24 heavy (non-hydrogen) atoms. The van der Waals surface area contributed by atoms with Gasteiger partial charge in [0.15, 0.2) is 0 Å². The van der Waals surface area contributed by atoms with E-state index in [1.807, 2.05) is 44.2 Å². The third-order valence-electron chi connectivity index (χ3n) is 3.66. The Morgan fingerprint density at radius 1 is 1.29 bits per heavy atom. The third-order valence-corrected chi connectivity index (χ3v) is 3.66. The van der Waals surface area contributed by atoms with Crippen molar-refractivity contribution < 1.29 is 9.53 Å². The lowest BCUT2D eigenvalue weighted by Gasteiger charge is -2.15. The second-order valence-corrected chi connectivity index (χ2v) is 6.30. The number of hydrogen-bond acceptors (Lipinski definition) is 4. The summed E-state index contributed by atoms with van der Waals surface area (Å²) in [5, 5.41) is 11.7. The number of amides is 1. The van der Waals surface area contributed by atoms with Gasteiger partial charge >= 0.3 is 0 Å². The first-order valence-corrected chi connectivity index (χ1v) is 7.71. The van der Waals surface area contributed by atoms with Crippen LogP contribution < -0.4 is 10.1 Å². The molecule has 0 saturated heterocycles. The summed E-state index contributed by atoms with van der Waals surface area (Å²) in [5.74, 6) is 0.969. The number of pyridine rings is 1. The Kier molecular flexibility index (Phi) is 5.20. The smallest absolute Gasteiger partial charge is 0.240 e. The van der Waals surface area contributed by atoms with E-state index < -0.39 is 5.41 Å². The monoisotopic (exact) mass is 323 g/mol. The first-order valence-electron chi connectivity index (χ1n) is 7.71. The molecule has 1 aromatic carbocycles. The van der Waals surface area contributed by atoms with E-state index in [2.05, 4.69) is 10.3 Å². The molecule has 0 spiro atoms. The highest BCUT2D eigenvalue weighted by molar-refractivity contribution is 5.84. The molecule has 2 aromatic rings. The van der Waals surface area contributed by atoms with Crippen LogP contribution in [0.15, 0.2) is 36.5 Å². The maximum Gasteiger partial charge on any atom is 0.240 e. The fourth-order valence-corrected chi connectivity index (χ4v) is 1.96. The van der Waals surface area contributed by atoms with Crippen molar-refractivity contribution in [1.29, 1.82) is 5.26 Å². The highest BCUT2D eigenvalue weighted by atomic mass is 16.5. The minimum absolute atomic E-state index is 0.305. The van der Waals surface area contributed by atoms with Crippen molar-refractivity contribution in [2.45, 2.75) is 34.2 Å². The van der Waals surface area contributed by atoms with Gasteiger partial charge < -0.3 is 10.1 Å². The Morgan fingerprint density at radius 2 is 2.04 bits per heavy atom. The number of nitrogens with one attached hydrogen (secondary N) is 1. The molecular weight excluding hydrogens is 302 g/mol. The van der Waals surface area contributed by atoms with Crippen LogP contribution in [0.1, 0.15) is 30.5 Å². The van der Waals surface area contributed by atoms with Gasteiger partial charge in [0.05, 0.1) is 6.07 Å². The van der Waals surface area contributed by atoms with Gasteiger partial charge in [0.25, 0.3) is 0 Å². The van der Waals surface area contributed by atoms with Crippen molar-refractivity contribution >= 4 is 5.91 Å². The molecule has 5 nitrogen and oxygen atoms in total. The molecule has 124 valence electrons. The summed E-state index contributed by atoms with van der Waals surface area (Å²) in [6.45, 7) is 7.48. The minimum Gasteiger partial charge on any atom is -0.439 e. The molecule has 0 aliphatic carbocycles. The van der Waals surface area contributed by atoms with Crippen molar-refractivity contribution in [2.24, 2.45) is 5.41 Å². The summed E-state index contributed by atoms with van der Waals surface area (Å²) in [6.07, 6.45) is 1.65. The topological polar surface area (TPSA) is 75.0 Å². The highest BCUT2D eigenvalue weighted by Gasteiger charge is 2.26. The van der Waals surface area contributed by atoms with E-state index in [4.69, 9.17) is 10.00 Å². The van der Waals surface area contributed by atoms with E-state index >= 15 is 0 Å². The lowest BCUT2D eigenvalue weighted by Crippen LogP contribution is -2.35. The van der Waals surface area contributed by atoms with Gasteiger partial charge in [-0.15, -0.1) is 0 Å². The van der Waals surface area contributed by atoms with Crippen molar-refractivity contribution in [3.05, 3.63) is 53.2 Å². The van der Waals surface area contributed by atoms with E-state index in [0.717, 1.165) is 22.4 Å². The summed E-state index contributed by atoms with van der Waals surface area (Å²) in [4.78, 5) is 16.1. The number of hydrogen-bond donors (Lipinski definition) is 1. The molecule has 1 amide bonds. The zero-order chi connectivity index (χ0) is 17.7. The SMILES string of the molecule is Cc1ccc(C)c(Oc2ccc(CNC(=O)C(C)(C)C#N)cn2)c1. The van der Waals surface area contributed by atoms with Gasteiger partial charge in [-0.3, -0.25) is 4.79 Å². The van der Waals surface area contributed by atoms with Crippen molar-refractivity contribution in [2.75, 3.05) is 0 Å². The van der Waals surface area contributed by atoms with E-state index in [1.165, 1.54) is 0 Å². The molecule has 0 aliphatic rings. The van der Waals surface area contributed by atoms with Gasteiger partial charge in [0.2, 0.25) is 11.8 Å². The van der Waals surface area contributed by atoms with Crippen LogP contribution in [0, 0.1) is 30.6 Å². The van der Waals surface area contributed by atoms with Gasteiger partial charge in [0, 0.05) is 18.8 Å². The standard InChI is InChI=1S/C19H21N3O2/c1-13-5-6-14(2)16(9-13)24-17-8-7-15(10-21-17)11-22-18(23)19(3,4)12-20/h5-10H,11H2,1-4H3,(H,22,23). The first-order chi connectivity index (χ1) is 11.3. The maximum absolute atomic E-state index is 11.9. The Labute approximate surface area is 142 Å². The summed E-state index contributed by atoms with van der Waals surface area (Å²) in [7, 11) is 0. The van der Waals surface area contributed by atoms with Crippen LogP contribution in [-0.2, 0) is 11.3 Å². The van der Waals surface area contributed by atoms with Gasteiger partial charge in [-0.05, 0) is 50.5 Å². The number of aromatic nitrogens is 1. The van der Waals surface area contributed by atoms with E-state index in [0.29, 0.717) is 12.4 Å². The second-order valence-electron chi connectivity index (χ2n) is 6.30. The molecule has 1 aromatic heterocycles.